The molecule has 0 radical (unpaired) electrons. The van der Waals surface area contributed by atoms with Crippen LogP contribution in [0.4, 0.5) is 0 Å². The summed E-state index contributed by atoms with van der Waals surface area (Å²) in [5, 5.41) is 18.5. The largest absolute Gasteiger partial charge is 0.387 e. The summed E-state index contributed by atoms with van der Waals surface area (Å²) in [6, 6.07) is 4.19. The lowest BCUT2D eigenvalue weighted by molar-refractivity contribution is -0.0482. The predicted octanol–water partition coefficient (Wildman–Crippen LogP) is 0.644. The van der Waals surface area contributed by atoms with E-state index in [1.54, 1.807) is 17.1 Å². The van der Waals surface area contributed by atoms with Crippen molar-refractivity contribution in [2.45, 2.75) is 31.5 Å². The number of hydrogen-bond donors (Lipinski definition) is 1. The molecule has 108 valence electrons. The standard InChI is InChI=1S/C14H21N5O/c1-17-7-2-4-13(17)10-18-8-3-5-14(20,11-18)12-19-9-6-15-16-19/h2,4,6-7,9,20H,3,5,8,10-12H2,1H3. The van der Waals surface area contributed by atoms with Crippen molar-refractivity contribution in [3.63, 3.8) is 0 Å². The van der Waals surface area contributed by atoms with Crippen LogP contribution in [-0.2, 0) is 20.1 Å². The SMILES string of the molecule is Cn1cccc1CN1CCCC(O)(Cn2ccnn2)C1. The fourth-order valence-corrected chi connectivity index (χ4v) is 2.98. The van der Waals surface area contributed by atoms with E-state index in [9.17, 15) is 5.11 Å². The molecule has 1 N–H and O–H groups in total. The molecule has 0 aliphatic carbocycles. The van der Waals surface area contributed by atoms with Gasteiger partial charge in [-0.2, -0.15) is 0 Å². The Morgan fingerprint density at radius 2 is 2.30 bits per heavy atom. The highest BCUT2D eigenvalue weighted by Gasteiger charge is 2.34. The zero-order valence-electron chi connectivity index (χ0n) is 11.8. The third-order valence-corrected chi connectivity index (χ3v) is 4.00. The van der Waals surface area contributed by atoms with E-state index in [0.29, 0.717) is 13.1 Å². The Kier molecular flexibility index (Phi) is 3.58. The van der Waals surface area contributed by atoms with Gasteiger partial charge >= 0.3 is 0 Å². The van der Waals surface area contributed by atoms with E-state index in [2.05, 4.69) is 45.2 Å². The molecule has 1 atom stereocenters. The first-order valence-corrected chi connectivity index (χ1v) is 7.04. The molecule has 3 rings (SSSR count). The van der Waals surface area contributed by atoms with Crippen LogP contribution in [0.3, 0.4) is 0 Å². The molecule has 0 spiro atoms. The zero-order chi connectivity index (χ0) is 14.0. The van der Waals surface area contributed by atoms with Crippen LogP contribution < -0.4 is 0 Å². The minimum atomic E-state index is -0.711. The fraction of sp³-hybridized carbons (Fsp3) is 0.571. The van der Waals surface area contributed by atoms with Gasteiger partial charge in [0.05, 0.1) is 18.3 Å². The summed E-state index contributed by atoms with van der Waals surface area (Å²) >= 11 is 0. The van der Waals surface area contributed by atoms with Gasteiger partial charge in [0.2, 0.25) is 0 Å². The maximum atomic E-state index is 10.8. The number of β-amino-alcohol motifs (C(OH)–C–C–N with tert-alkyl or cyclic N) is 1. The maximum Gasteiger partial charge on any atom is 0.0970 e. The van der Waals surface area contributed by atoms with Crippen molar-refractivity contribution in [1.82, 2.24) is 24.5 Å². The van der Waals surface area contributed by atoms with E-state index in [4.69, 9.17) is 0 Å². The van der Waals surface area contributed by atoms with Gasteiger partial charge in [0.1, 0.15) is 0 Å². The monoisotopic (exact) mass is 275 g/mol. The second-order valence-electron chi connectivity index (χ2n) is 5.75. The molecule has 1 fully saturated rings. The Hall–Kier alpha value is -1.66. The highest BCUT2D eigenvalue weighted by Crippen LogP contribution is 2.24. The van der Waals surface area contributed by atoms with E-state index in [-0.39, 0.29) is 0 Å². The normalized spacial score (nSPS) is 24.1. The van der Waals surface area contributed by atoms with E-state index < -0.39 is 5.60 Å². The van der Waals surface area contributed by atoms with Crippen molar-refractivity contribution in [2.75, 3.05) is 13.1 Å². The van der Waals surface area contributed by atoms with Crippen LogP contribution in [0.15, 0.2) is 30.7 Å². The first-order valence-electron chi connectivity index (χ1n) is 7.04. The van der Waals surface area contributed by atoms with E-state index in [1.165, 1.54) is 5.69 Å². The number of aliphatic hydroxyl groups is 1. The molecule has 1 aliphatic heterocycles. The van der Waals surface area contributed by atoms with Gasteiger partial charge in [-0.1, -0.05) is 5.21 Å². The smallest absolute Gasteiger partial charge is 0.0970 e. The van der Waals surface area contributed by atoms with Crippen LogP contribution >= 0.6 is 0 Å². The first-order chi connectivity index (χ1) is 9.65. The molecule has 1 unspecified atom stereocenters. The molecule has 3 heterocycles. The number of likely N-dealkylation sites (tertiary alicyclic amines) is 1. The van der Waals surface area contributed by atoms with Crippen molar-refractivity contribution < 1.29 is 5.11 Å². The number of rotatable bonds is 4. The molecule has 20 heavy (non-hydrogen) atoms. The average Bonchev–Trinajstić information content (AvgIpc) is 3.02. The van der Waals surface area contributed by atoms with Crippen LogP contribution in [0.2, 0.25) is 0 Å². The average molecular weight is 275 g/mol. The van der Waals surface area contributed by atoms with E-state index in [1.807, 2.05) is 0 Å². The molecular weight excluding hydrogens is 254 g/mol. The molecule has 0 saturated carbocycles. The molecule has 1 saturated heterocycles. The van der Waals surface area contributed by atoms with Gasteiger partial charge < -0.3 is 9.67 Å². The Morgan fingerprint density at radius 3 is 3.00 bits per heavy atom. The zero-order valence-corrected chi connectivity index (χ0v) is 11.8. The van der Waals surface area contributed by atoms with Gasteiger partial charge in [0.25, 0.3) is 0 Å². The molecular formula is C14H21N5O. The van der Waals surface area contributed by atoms with Crippen LogP contribution in [0.1, 0.15) is 18.5 Å². The van der Waals surface area contributed by atoms with Gasteiger partial charge in [0.15, 0.2) is 0 Å². The second-order valence-corrected chi connectivity index (χ2v) is 5.75. The third-order valence-electron chi connectivity index (χ3n) is 4.00. The van der Waals surface area contributed by atoms with E-state index >= 15 is 0 Å². The van der Waals surface area contributed by atoms with Crippen LogP contribution in [0.5, 0.6) is 0 Å². The second kappa shape index (κ2) is 5.38. The molecule has 6 heteroatoms. The minimum Gasteiger partial charge on any atom is -0.387 e. The number of nitrogens with zero attached hydrogens (tertiary/aromatic N) is 5. The highest BCUT2D eigenvalue weighted by atomic mass is 16.3. The van der Waals surface area contributed by atoms with E-state index in [0.717, 1.165) is 25.9 Å². The topological polar surface area (TPSA) is 59.1 Å². The van der Waals surface area contributed by atoms with Gasteiger partial charge in [-0.3, -0.25) is 4.90 Å². The number of aryl methyl sites for hydroxylation is 1. The summed E-state index contributed by atoms with van der Waals surface area (Å²) in [6.07, 6.45) is 7.33. The lowest BCUT2D eigenvalue weighted by Gasteiger charge is -2.39. The molecule has 6 nitrogen and oxygen atoms in total. The van der Waals surface area contributed by atoms with Crippen LogP contribution in [0, 0.1) is 0 Å². The minimum absolute atomic E-state index is 0.511. The van der Waals surface area contributed by atoms with Crippen LogP contribution in [0.25, 0.3) is 0 Å². The van der Waals surface area contributed by atoms with Crippen molar-refractivity contribution in [3.8, 4) is 0 Å². The molecule has 0 bridgehead atoms. The lowest BCUT2D eigenvalue weighted by Crippen LogP contribution is -2.50. The Morgan fingerprint density at radius 1 is 1.40 bits per heavy atom. The van der Waals surface area contributed by atoms with Crippen molar-refractivity contribution in [2.24, 2.45) is 7.05 Å². The molecule has 1 aliphatic rings. The summed E-state index contributed by atoms with van der Waals surface area (Å²) in [6.45, 7) is 3.10. The van der Waals surface area contributed by atoms with Gasteiger partial charge in [0, 0.05) is 38.2 Å². The molecule has 2 aromatic heterocycles. The number of aromatic nitrogens is 4. The Bertz CT molecular complexity index is 550. The summed E-state index contributed by atoms with van der Waals surface area (Å²) in [5.74, 6) is 0. The Labute approximate surface area is 118 Å². The Balaban J connectivity index is 1.65. The molecule has 2 aromatic rings. The van der Waals surface area contributed by atoms with Gasteiger partial charge in [-0.15, -0.1) is 5.10 Å². The molecule has 0 amide bonds. The first kappa shape index (κ1) is 13.3. The summed E-state index contributed by atoms with van der Waals surface area (Å²) in [4.78, 5) is 2.32. The third kappa shape index (κ3) is 2.91. The maximum absolute atomic E-state index is 10.8. The summed E-state index contributed by atoms with van der Waals surface area (Å²) in [5.41, 5.74) is 0.562. The predicted molar refractivity (Wildman–Crippen MR) is 74.9 cm³/mol. The van der Waals surface area contributed by atoms with Crippen molar-refractivity contribution in [1.29, 1.82) is 0 Å². The molecule has 0 aromatic carbocycles. The lowest BCUT2D eigenvalue weighted by atomic mass is 9.92. The summed E-state index contributed by atoms with van der Waals surface area (Å²) in [7, 11) is 2.06. The highest BCUT2D eigenvalue weighted by molar-refractivity contribution is 5.06. The number of piperidine rings is 1. The summed E-state index contributed by atoms with van der Waals surface area (Å²) < 4.78 is 3.84. The van der Waals surface area contributed by atoms with Gasteiger partial charge in [-0.05, 0) is 31.5 Å². The quantitative estimate of drug-likeness (QED) is 0.890. The van der Waals surface area contributed by atoms with Gasteiger partial charge in [-0.25, -0.2) is 4.68 Å². The fourth-order valence-electron chi connectivity index (χ4n) is 2.98. The van der Waals surface area contributed by atoms with Crippen molar-refractivity contribution in [3.05, 3.63) is 36.4 Å². The number of hydrogen-bond acceptors (Lipinski definition) is 4. The van der Waals surface area contributed by atoms with Crippen molar-refractivity contribution >= 4 is 0 Å². The van der Waals surface area contributed by atoms with Crippen LogP contribution in [-0.4, -0.2) is 48.3 Å².